The van der Waals surface area contributed by atoms with Crippen molar-refractivity contribution in [2.45, 2.75) is 32.7 Å². The smallest absolute Gasteiger partial charge is 0.338 e. The van der Waals surface area contributed by atoms with Gasteiger partial charge in [0.15, 0.2) is 0 Å². The molecule has 0 fully saturated rings. The summed E-state index contributed by atoms with van der Waals surface area (Å²) in [6, 6.07) is 4.03. The number of aliphatic carboxylic acids is 1. The molecular weight excluding hydrogens is 332 g/mol. The van der Waals surface area contributed by atoms with Crippen LogP contribution in [0.25, 0.3) is 0 Å². The Balaban J connectivity index is 2.73. The molecule has 1 aromatic carbocycles. The lowest BCUT2D eigenvalue weighted by Crippen LogP contribution is -2.32. The largest absolute Gasteiger partial charge is 0.480 e. The van der Waals surface area contributed by atoms with Crippen LogP contribution in [0.3, 0.4) is 0 Å². The highest BCUT2D eigenvalue weighted by Crippen LogP contribution is 2.14. The van der Waals surface area contributed by atoms with E-state index in [0.29, 0.717) is 12.0 Å². The Bertz CT molecular complexity index is 700. The third-order valence-corrected chi connectivity index (χ3v) is 5.40. The lowest BCUT2D eigenvalue weighted by atomic mass is 10.0. The first-order chi connectivity index (χ1) is 11.2. The lowest BCUT2D eigenvalue weighted by molar-refractivity contribution is -0.138. The topological polar surface area (TPSA) is 131 Å². The number of hydrogen-bond donors (Lipinski definition) is 3. The van der Waals surface area contributed by atoms with Crippen molar-refractivity contribution in [1.82, 2.24) is 0 Å². The SMILES string of the molecule is CCOC(=O)c1ccc(C)c(CCS(=N)(=O)CC[C@H](N)C(=O)O)c1. The Morgan fingerprint density at radius 3 is 2.62 bits per heavy atom. The maximum Gasteiger partial charge on any atom is 0.338 e. The van der Waals surface area contributed by atoms with Crippen LogP contribution in [-0.2, 0) is 25.7 Å². The van der Waals surface area contributed by atoms with Crippen LogP contribution in [0.5, 0.6) is 0 Å². The second kappa shape index (κ2) is 8.79. The van der Waals surface area contributed by atoms with Gasteiger partial charge in [-0.25, -0.2) is 9.00 Å². The quantitative estimate of drug-likeness (QED) is 0.576. The van der Waals surface area contributed by atoms with Gasteiger partial charge in [-0.05, 0) is 49.9 Å². The van der Waals surface area contributed by atoms with Crippen LogP contribution in [0.4, 0.5) is 0 Å². The summed E-state index contributed by atoms with van der Waals surface area (Å²) in [7, 11) is -2.93. The van der Waals surface area contributed by atoms with Crippen LogP contribution >= 0.6 is 0 Å². The van der Waals surface area contributed by atoms with Crippen molar-refractivity contribution in [3.63, 3.8) is 0 Å². The van der Waals surface area contributed by atoms with Gasteiger partial charge in [0, 0.05) is 21.2 Å². The third kappa shape index (κ3) is 6.29. The van der Waals surface area contributed by atoms with Crippen molar-refractivity contribution < 1.29 is 23.6 Å². The van der Waals surface area contributed by atoms with E-state index in [9.17, 15) is 13.8 Å². The number of nitrogens with two attached hydrogens (primary N) is 1. The fourth-order valence-electron chi connectivity index (χ4n) is 2.10. The summed E-state index contributed by atoms with van der Waals surface area (Å²) in [6.07, 6.45) is 0.364. The van der Waals surface area contributed by atoms with Crippen molar-refractivity contribution in [3.05, 3.63) is 34.9 Å². The van der Waals surface area contributed by atoms with Crippen LogP contribution in [0, 0.1) is 11.7 Å². The predicted octanol–water partition coefficient (Wildman–Crippen LogP) is 1.56. The molecule has 0 radical (unpaired) electrons. The van der Waals surface area contributed by atoms with E-state index < -0.39 is 27.7 Å². The molecule has 8 heteroatoms. The van der Waals surface area contributed by atoms with Crippen LogP contribution < -0.4 is 5.73 Å². The van der Waals surface area contributed by atoms with Gasteiger partial charge in [0.2, 0.25) is 0 Å². The van der Waals surface area contributed by atoms with Gasteiger partial charge in [-0.1, -0.05) is 6.07 Å². The molecule has 24 heavy (non-hydrogen) atoms. The summed E-state index contributed by atoms with van der Waals surface area (Å²) < 4.78 is 25.1. The van der Waals surface area contributed by atoms with Gasteiger partial charge >= 0.3 is 11.9 Å². The third-order valence-electron chi connectivity index (χ3n) is 3.64. The number of rotatable bonds is 9. The number of carbonyl (C=O) groups excluding carboxylic acids is 1. The molecule has 7 nitrogen and oxygen atoms in total. The second-order valence-corrected chi connectivity index (χ2v) is 8.01. The number of carboxylic acid groups (broad SMARTS) is 1. The molecule has 1 aromatic rings. The molecule has 1 rings (SSSR count). The number of aryl methyl sites for hydroxylation is 2. The molecule has 0 aliphatic heterocycles. The van der Waals surface area contributed by atoms with E-state index in [1.807, 2.05) is 6.92 Å². The highest BCUT2D eigenvalue weighted by molar-refractivity contribution is 7.92. The molecule has 4 N–H and O–H groups in total. The summed E-state index contributed by atoms with van der Waals surface area (Å²) >= 11 is 0. The van der Waals surface area contributed by atoms with E-state index in [2.05, 4.69) is 0 Å². The fourth-order valence-corrected chi connectivity index (χ4v) is 3.49. The molecule has 0 saturated heterocycles. The van der Waals surface area contributed by atoms with Crippen LogP contribution in [-0.4, -0.2) is 45.4 Å². The summed E-state index contributed by atoms with van der Waals surface area (Å²) in [6.45, 7) is 3.88. The maximum atomic E-state index is 12.2. The zero-order chi connectivity index (χ0) is 18.3. The molecule has 2 atom stereocenters. The number of carboxylic acids is 1. The van der Waals surface area contributed by atoms with Crippen LogP contribution in [0.1, 0.15) is 34.8 Å². The number of carbonyl (C=O) groups is 2. The van der Waals surface area contributed by atoms with Gasteiger partial charge in [-0.15, -0.1) is 0 Å². The summed E-state index contributed by atoms with van der Waals surface area (Å²) in [4.78, 5) is 22.4. The van der Waals surface area contributed by atoms with E-state index in [4.69, 9.17) is 20.4 Å². The molecule has 0 heterocycles. The molecule has 0 spiro atoms. The molecule has 0 aromatic heterocycles. The molecular formula is C16H24N2O5S. The molecule has 1 unspecified atom stereocenters. The van der Waals surface area contributed by atoms with Gasteiger partial charge in [0.1, 0.15) is 6.04 Å². The first kappa shape index (κ1) is 20.1. The van der Waals surface area contributed by atoms with Gasteiger partial charge in [0.25, 0.3) is 0 Å². The summed E-state index contributed by atoms with van der Waals surface area (Å²) in [5.41, 5.74) is 7.55. The maximum absolute atomic E-state index is 12.2. The summed E-state index contributed by atoms with van der Waals surface area (Å²) in [5, 5.41) is 8.73. The van der Waals surface area contributed by atoms with E-state index in [-0.39, 0.29) is 24.5 Å². The highest BCUT2D eigenvalue weighted by atomic mass is 32.2. The van der Waals surface area contributed by atoms with Crippen LogP contribution in [0.2, 0.25) is 0 Å². The number of nitrogens with one attached hydrogen (secondary N) is 1. The molecule has 134 valence electrons. The number of benzene rings is 1. The first-order valence-corrected chi connectivity index (χ1v) is 9.55. The zero-order valence-corrected chi connectivity index (χ0v) is 14.7. The Kier molecular flexibility index (Phi) is 7.37. The fraction of sp³-hybridized carbons (Fsp3) is 0.500. The first-order valence-electron chi connectivity index (χ1n) is 7.65. The average molecular weight is 356 g/mol. The molecule has 0 bridgehead atoms. The van der Waals surface area contributed by atoms with Gasteiger partial charge < -0.3 is 15.6 Å². The highest BCUT2D eigenvalue weighted by Gasteiger charge is 2.16. The minimum absolute atomic E-state index is 0.000482. The summed E-state index contributed by atoms with van der Waals surface area (Å²) in [5.74, 6) is -1.55. The number of ether oxygens (including phenoxy) is 1. The van der Waals surface area contributed by atoms with Crippen molar-refractivity contribution >= 4 is 21.7 Å². The Labute approximate surface area is 142 Å². The van der Waals surface area contributed by atoms with Crippen molar-refractivity contribution in [1.29, 1.82) is 4.78 Å². The Hall–Kier alpha value is -1.93. The molecule has 0 amide bonds. The standard InChI is InChI=1S/C16H24N2O5S/c1-3-23-16(21)13-5-4-11(2)12(10-13)6-8-24(18,22)9-7-14(17)15(19)20/h4-5,10,14,18H,3,6-9,17H2,1-2H3,(H,19,20)/t14-,24?/m0/s1. The minimum atomic E-state index is -2.93. The Morgan fingerprint density at radius 1 is 1.38 bits per heavy atom. The van der Waals surface area contributed by atoms with E-state index in [0.717, 1.165) is 11.1 Å². The van der Waals surface area contributed by atoms with Gasteiger partial charge in [-0.2, -0.15) is 0 Å². The molecule has 0 saturated carbocycles. The van der Waals surface area contributed by atoms with Crippen molar-refractivity contribution in [3.8, 4) is 0 Å². The zero-order valence-electron chi connectivity index (χ0n) is 13.9. The lowest BCUT2D eigenvalue weighted by Gasteiger charge is -2.12. The average Bonchev–Trinajstić information content (AvgIpc) is 2.52. The predicted molar refractivity (Wildman–Crippen MR) is 91.7 cm³/mol. The normalized spacial score (nSPS) is 14.6. The number of hydrogen-bond acceptors (Lipinski definition) is 6. The van der Waals surface area contributed by atoms with Crippen LogP contribution in [0.15, 0.2) is 18.2 Å². The monoisotopic (exact) mass is 356 g/mol. The van der Waals surface area contributed by atoms with E-state index in [1.54, 1.807) is 25.1 Å². The Morgan fingerprint density at radius 2 is 2.04 bits per heavy atom. The van der Waals surface area contributed by atoms with Crippen molar-refractivity contribution in [2.24, 2.45) is 5.73 Å². The van der Waals surface area contributed by atoms with Gasteiger partial charge in [0.05, 0.1) is 12.2 Å². The molecule has 0 aliphatic rings. The van der Waals surface area contributed by atoms with E-state index >= 15 is 0 Å². The van der Waals surface area contributed by atoms with Gasteiger partial charge in [-0.3, -0.25) is 9.57 Å². The number of esters is 1. The minimum Gasteiger partial charge on any atom is -0.480 e. The second-order valence-electron chi connectivity index (χ2n) is 5.57. The van der Waals surface area contributed by atoms with Crippen molar-refractivity contribution in [2.75, 3.05) is 18.1 Å². The molecule has 0 aliphatic carbocycles. The van der Waals surface area contributed by atoms with E-state index in [1.165, 1.54) is 0 Å².